The molecule has 0 amide bonds. The molecular formula is C16H24O3. The zero-order valence-electron chi connectivity index (χ0n) is 12.9. The zero-order valence-corrected chi connectivity index (χ0v) is 12.9. The van der Waals surface area contributed by atoms with Gasteiger partial charge in [0.1, 0.15) is 11.5 Å². The minimum atomic E-state index is -0.858. The number of aliphatic hydroxyl groups is 1. The molecule has 1 rings (SSSR count). The Hall–Kier alpha value is -1.48. The van der Waals surface area contributed by atoms with Crippen LogP contribution < -0.4 is 9.47 Å². The van der Waals surface area contributed by atoms with Crippen LogP contribution in [0.4, 0.5) is 0 Å². The maximum atomic E-state index is 9.82. The fraction of sp³-hybridized carbons (Fsp3) is 0.500. The maximum Gasteiger partial charge on any atom is 0.129 e. The van der Waals surface area contributed by atoms with Crippen LogP contribution in [0.1, 0.15) is 36.1 Å². The van der Waals surface area contributed by atoms with Gasteiger partial charge in [-0.25, -0.2) is 0 Å². The summed E-state index contributed by atoms with van der Waals surface area (Å²) in [6.45, 7) is 9.51. The van der Waals surface area contributed by atoms with E-state index in [1.807, 2.05) is 26.8 Å². The molecule has 0 aliphatic rings. The van der Waals surface area contributed by atoms with Crippen LogP contribution in [0.2, 0.25) is 0 Å². The Morgan fingerprint density at radius 2 is 1.37 bits per heavy atom. The van der Waals surface area contributed by atoms with E-state index in [0.29, 0.717) is 0 Å². The largest absolute Gasteiger partial charge is 0.496 e. The monoisotopic (exact) mass is 264 g/mol. The Labute approximate surface area is 115 Å². The predicted octanol–water partition coefficient (Wildman–Crippen LogP) is 3.41. The van der Waals surface area contributed by atoms with Crippen LogP contribution in [0.5, 0.6) is 11.5 Å². The molecule has 106 valence electrons. The van der Waals surface area contributed by atoms with Crippen molar-refractivity contribution in [2.24, 2.45) is 0 Å². The van der Waals surface area contributed by atoms with Gasteiger partial charge in [-0.05, 0) is 45.7 Å². The normalized spacial score (nSPS) is 12.0. The zero-order chi connectivity index (χ0) is 14.8. The highest BCUT2D eigenvalue weighted by atomic mass is 16.5. The maximum absolute atomic E-state index is 9.82. The molecule has 0 unspecified atom stereocenters. The van der Waals surface area contributed by atoms with E-state index in [4.69, 9.17) is 9.47 Å². The summed E-state index contributed by atoms with van der Waals surface area (Å²) < 4.78 is 11.0. The van der Waals surface area contributed by atoms with Crippen molar-refractivity contribution >= 4 is 6.08 Å². The van der Waals surface area contributed by atoms with E-state index in [2.05, 4.69) is 0 Å². The van der Waals surface area contributed by atoms with E-state index >= 15 is 0 Å². The van der Waals surface area contributed by atoms with Crippen LogP contribution in [0.25, 0.3) is 6.08 Å². The standard InChI is InChI=1S/C16H24O3/c1-10-11(2)15(19-7)13(8-9-16(4,5)17)12(3)14(10)18-6/h8-9,17H,1-7H3/b9-8-. The fourth-order valence-corrected chi connectivity index (χ4v) is 2.17. The smallest absolute Gasteiger partial charge is 0.129 e. The van der Waals surface area contributed by atoms with Gasteiger partial charge in [0.15, 0.2) is 0 Å². The second-order valence-corrected chi connectivity index (χ2v) is 5.34. The van der Waals surface area contributed by atoms with Crippen molar-refractivity contribution in [1.82, 2.24) is 0 Å². The van der Waals surface area contributed by atoms with Gasteiger partial charge in [0.05, 0.1) is 19.8 Å². The molecule has 1 aromatic rings. The summed E-state index contributed by atoms with van der Waals surface area (Å²) in [5.41, 5.74) is 3.24. The van der Waals surface area contributed by atoms with E-state index in [-0.39, 0.29) is 0 Å². The van der Waals surface area contributed by atoms with Gasteiger partial charge in [0.25, 0.3) is 0 Å². The van der Waals surface area contributed by atoms with Gasteiger partial charge in [0, 0.05) is 11.1 Å². The van der Waals surface area contributed by atoms with Gasteiger partial charge in [0.2, 0.25) is 0 Å². The second kappa shape index (κ2) is 5.66. The topological polar surface area (TPSA) is 38.7 Å². The van der Waals surface area contributed by atoms with E-state index in [9.17, 15) is 5.11 Å². The minimum absolute atomic E-state index is 0.830. The van der Waals surface area contributed by atoms with E-state index in [1.165, 1.54) is 0 Å². The van der Waals surface area contributed by atoms with Gasteiger partial charge < -0.3 is 14.6 Å². The van der Waals surface area contributed by atoms with Crippen LogP contribution >= 0.6 is 0 Å². The molecule has 0 spiro atoms. The fourth-order valence-electron chi connectivity index (χ4n) is 2.17. The number of methoxy groups -OCH3 is 2. The number of ether oxygens (including phenoxy) is 2. The summed E-state index contributed by atoms with van der Waals surface area (Å²) >= 11 is 0. The highest BCUT2D eigenvalue weighted by Gasteiger charge is 2.17. The Morgan fingerprint density at radius 3 is 1.79 bits per heavy atom. The number of hydrogen-bond acceptors (Lipinski definition) is 3. The molecule has 0 heterocycles. The summed E-state index contributed by atoms with van der Waals surface area (Å²) in [6, 6.07) is 0. The third kappa shape index (κ3) is 3.29. The molecule has 0 fully saturated rings. The molecule has 0 atom stereocenters. The lowest BCUT2D eigenvalue weighted by Gasteiger charge is -2.19. The molecule has 0 bridgehead atoms. The highest BCUT2D eigenvalue weighted by molar-refractivity contribution is 5.69. The van der Waals surface area contributed by atoms with Crippen molar-refractivity contribution in [3.63, 3.8) is 0 Å². The molecular weight excluding hydrogens is 240 g/mol. The van der Waals surface area contributed by atoms with Crippen molar-refractivity contribution in [2.75, 3.05) is 14.2 Å². The van der Waals surface area contributed by atoms with Crippen molar-refractivity contribution < 1.29 is 14.6 Å². The molecule has 19 heavy (non-hydrogen) atoms. The van der Waals surface area contributed by atoms with Crippen molar-refractivity contribution in [3.8, 4) is 11.5 Å². The van der Waals surface area contributed by atoms with E-state index < -0.39 is 5.60 Å². The molecule has 0 radical (unpaired) electrons. The summed E-state index contributed by atoms with van der Waals surface area (Å²) in [7, 11) is 3.33. The first-order valence-corrected chi connectivity index (χ1v) is 6.36. The Morgan fingerprint density at radius 1 is 0.895 bits per heavy atom. The quantitative estimate of drug-likeness (QED) is 0.905. The first-order chi connectivity index (χ1) is 8.72. The first kappa shape index (κ1) is 15.6. The minimum Gasteiger partial charge on any atom is -0.496 e. The second-order valence-electron chi connectivity index (χ2n) is 5.34. The van der Waals surface area contributed by atoms with Crippen molar-refractivity contribution in [2.45, 2.75) is 40.2 Å². The molecule has 0 aliphatic heterocycles. The SMILES string of the molecule is COc1c(C)c(C)c(OC)c(/C=C\C(C)(C)O)c1C. The average Bonchev–Trinajstić information content (AvgIpc) is 2.31. The molecule has 1 N–H and O–H groups in total. The van der Waals surface area contributed by atoms with Crippen molar-refractivity contribution in [3.05, 3.63) is 28.3 Å². The number of benzene rings is 1. The van der Waals surface area contributed by atoms with Gasteiger partial charge in [-0.2, -0.15) is 0 Å². The molecule has 0 saturated heterocycles. The van der Waals surface area contributed by atoms with Gasteiger partial charge in [-0.1, -0.05) is 12.2 Å². The third-order valence-corrected chi connectivity index (χ3v) is 3.30. The average molecular weight is 264 g/mol. The van der Waals surface area contributed by atoms with Gasteiger partial charge in [-0.15, -0.1) is 0 Å². The van der Waals surface area contributed by atoms with Gasteiger partial charge >= 0.3 is 0 Å². The summed E-state index contributed by atoms with van der Waals surface area (Å²) in [5.74, 6) is 1.70. The number of hydrogen-bond donors (Lipinski definition) is 1. The van der Waals surface area contributed by atoms with Crippen LogP contribution in [0, 0.1) is 20.8 Å². The van der Waals surface area contributed by atoms with Crippen LogP contribution in [-0.4, -0.2) is 24.9 Å². The first-order valence-electron chi connectivity index (χ1n) is 6.36. The lowest BCUT2D eigenvalue weighted by atomic mass is 9.95. The lowest BCUT2D eigenvalue weighted by Crippen LogP contribution is -2.13. The third-order valence-electron chi connectivity index (χ3n) is 3.30. The van der Waals surface area contributed by atoms with Crippen LogP contribution in [0.3, 0.4) is 0 Å². The van der Waals surface area contributed by atoms with E-state index in [1.54, 1.807) is 34.1 Å². The van der Waals surface area contributed by atoms with Crippen LogP contribution in [-0.2, 0) is 0 Å². The summed E-state index contributed by atoms with van der Waals surface area (Å²) in [5, 5.41) is 9.82. The Balaban J connectivity index is 3.53. The van der Waals surface area contributed by atoms with E-state index in [0.717, 1.165) is 33.8 Å². The molecule has 1 aromatic carbocycles. The predicted molar refractivity (Wildman–Crippen MR) is 79.1 cm³/mol. The molecule has 3 heteroatoms. The van der Waals surface area contributed by atoms with Crippen LogP contribution in [0.15, 0.2) is 6.08 Å². The lowest BCUT2D eigenvalue weighted by molar-refractivity contribution is 0.134. The molecule has 0 saturated carbocycles. The Kier molecular flexibility index (Phi) is 4.64. The molecule has 0 aromatic heterocycles. The molecule has 0 aliphatic carbocycles. The number of rotatable bonds is 4. The highest BCUT2D eigenvalue weighted by Crippen LogP contribution is 2.38. The van der Waals surface area contributed by atoms with Gasteiger partial charge in [-0.3, -0.25) is 0 Å². The van der Waals surface area contributed by atoms with Crippen molar-refractivity contribution in [1.29, 1.82) is 0 Å². The summed E-state index contributed by atoms with van der Waals surface area (Å²) in [4.78, 5) is 0. The molecule has 3 nitrogen and oxygen atoms in total. The summed E-state index contributed by atoms with van der Waals surface area (Å²) in [6.07, 6.45) is 3.65. The Bertz CT molecular complexity index is 494.